The van der Waals surface area contributed by atoms with E-state index in [0.717, 1.165) is 37.8 Å². The number of hydrogen-bond acceptors (Lipinski definition) is 4. The summed E-state index contributed by atoms with van der Waals surface area (Å²) in [6, 6.07) is 13.0. The van der Waals surface area contributed by atoms with Gasteiger partial charge in [-0.05, 0) is 85.6 Å². The number of piperidine rings is 1. The third-order valence-corrected chi connectivity index (χ3v) is 9.95. The zero-order valence-corrected chi connectivity index (χ0v) is 22.2. The number of carbonyl (C=O) groups is 1. The van der Waals surface area contributed by atoms with E-state index in [9.17, 15) is 27.3 Å². The molecule has 10 heteroatoms. The normalized spacial score (nSPS) is 25.7. The van der Waals surface area contributed by atoms with Gasteiger partial charge in [-0.15, -0.1) is 0 Å². The lowest BCUT2D eigenvalue weighted by Gasteiger charge is -2.40. The Morgan fingerprint density at radius 3 is 2.58 bits per heavy atom. The number of nitriles is 1. The average Bonchev–Trinajstić information content (AvgIpc) is 3.64. The first-order chi connectivity index (χ1) is 18.1. The highest BCUT2D eigenvalue weighted by Gasteiger charge is 2.58. The molecule has 3 atom stereocenters. The molecule has 1 heterocycles. The molecule has 202 valence electrons. The molecule has 0 spiro atoms. The fourth-order valence-corrected chi connectivity index (χ4v) is 7.29. The smallest absolute Gasteiger partial charge is 0.321 e. The van der Waals surface area contributed by atoms with E-state index in [4.69, 9.17) is 0 Å². The van der Waals surface area contributed by atoms with Crippen LogP contribution in [0.1, 0.15) is 49.7 Å². The number of nitrogens with one attached hydrogen (secondary N) is 1. The van der Waals surface area contributed by atoms with Crippen molar-refractivity contribution in [1.29, 1.82) is 5.26 Å². The molecule has 2 aliphatic carbocycles. The summed E-state index contributed by atoms with van der Waals surface area (Å²) in [5.41, 5.74) is 2.08. The molecule has 7 nitrogen and oxygen atoms in total. The maximum absolute atomic E-state index is 13.8. The molecule has 3 aliphatic rings. The van der Waals surface area contributed by atoms with Gasteiger partial charge in [0.25, 0.3) is 0 Å². The lowest BCUT2D eigenvalue weighted by molar-refractivity contribution is 0.132. The summed E-state index contributed by atoms with van der Waals surface area (Å²) in [4.78, 5) is 15.3. The van der Waals surface area contributed by atoms with Crippen LogP contribution in [-0.4, -0.2) is 55.6 Å². The van der Waals surface area contributed by atoms with Gasteiger partial charge in [0.05, 0.1) is 17.9 Å². The second-order valence-corrected chi connectivity index (χ2v) is 13.0. The lowest BCUT2D eigenvalue weighted by Crippen LogP contribution is -2.49. The molecule has 1 unspecified atom stereocenters. The molecule has 38 heavy (non-hydrogen) atoms. The highest BCUT2D eigenvalue weighted by atomic mass is 32.2. The minimum atomic E-state index is -3.25. The van der Waals surface area contributed by atoms with Gasteiger partial charge in [-0.1, -0.05) is 12.1 Å². The van der Waals surface area contributed by atoms with Crippen LogP contribution in [0.3, 0.4) is 0 Å². The van der Waals surface area contributed by atoms with Crippen LogP contribution >= 0.6 is 0 Å². The number of nitrogens with zero attached hydrogens (tertiary/aromatic N) is 3. The first-order valence-electron chi connectivity index (χ1n) is 13.1. The number of hydrogen-bond donors (Lipinski definition) is 1. The van der Waals surface area contributed by atoms with Crippen LogP contribution in [0.15, 0.2) is 42.5 Å². The maximum atomic E-state index is 13.8. The molecule has 1 saturated heterocycles. The van der Waals surface area contributed by atoms with Gasteiger partial charge in [0.15, 0.2) is 11.6 Å². The zero-order valence-electron chi connectivity index (χ0n) is 21.4. The Bertz CT molecular complexity index is 1370. The molecule has 0 radical (unpaired) electrons. The highest BCUT2D eigenvalue weighted by Crippen LogP contribution is 2.63. The monoisotopic (exact) mass is 542 g/mol. The van der Waals surface area contributed by atoms with Crippen LogP contribution in [0, 0.1) is 34.8 Å². The fourth-order valence-electron chi connectivity index (χ4n) is 6.41. The standard InChI is InChI=1S/C28H32F2N4O3S/c1-38(36,37)33-11-8-19(9-12-33)18-34(27(35)32-23-5-6-25(29)26(30)15-23)24-7-10-28(16-22(28)14-24)21-4-2-3-20(13-21)17-31/h2-6,13,15,19,22,24H,7-12,14,16,18H2,1H3,(H,32,35)/t22?,24-,28+/m1/s1. The number of fused-ring (bicyclic) bond motifs is 1. The van der Waals surface area contributed by atoms with E-state index >= 15 is 0 Å². The Kier molecular flexibility index (Phi) is 7.18. The van der Waals surface area contributed by atoms with Crippen LogP contribution in [0.2, 0.25) is 0 Å². The van der Waals surface area contributed by atoms with Crippen molar-refractivity contribution in [1.82, 2.24) is 9.21 Å². The SMILES string of the molecule is CS(=O)(=O)N1CCC(CN(C(=O)Nc2ccc(F)c(F)c2)[C@@H]2CC[C@@]3(c4cccc(C#N)c4)CC3C2)CC1. The van der Waals surface area contributed by atoms with E-state index in [2.05, 4.69) is 17.5 Å². The number of rotatable bonds is 6. The van der Waals surface area contributed by atoms with Crippen molar-refractivity contribution in [3.05, 3.63) is 65.2 Å². The van der Waals surface area contributed by atoms with Crippen molar-refractivity contribution in [2.45, 2.75) is 50.0 Å². The lowest BCUT2D eigenvalue weighted by atomic mass is 9.79. The molecule has 5 rings (SSSR count). The van der Waals surface area contributed by atoms with Gasteiger partial charge < -0.3 is 10.2 Å². The molecule has 0 aromatic heterocycles. The third-order valence-electron chi connectivity index (χ3n) is 8.65. The highest BCUT2D eigenvalue weighted by molar-refractivity contribution is 7.88. The molecule has 1 N–H and O–H groups in total. The molecule has 1 aliphatic heterocycles. The second-order valence-electron chi connectivity index (χ2n) is 11.0. The van der Waals surface area contributed by atoms with Crippen LogP contribution in [0.25, 0.3) is 0 Å². The zero-order chi connectivity index (χ0) is 27.1. The number of carbonyl (C=O) groups excluding carboxylic acids is 1. The van der Waals surface area contributed by atoms with Gasteiger partial charge in [-0.25, -0.2) is 26.3 Å². The second kappa shape index (κ2) is 10.3. The minimum Gasteiger partial charge on any atom is -0.321 e. The van der Waals surface area contributed by atoms with Crippen molar-refractivity contribution in [2.24, 2.45) is 11.8 Å². The molecule has 2 saturated carbocycles. The summed E-state index contributed by atoms with van der Waals surface area (Å²) >= 11 is 0. The van der Waals surface area contributed by atoms with Crippen LogP contribution in [-0.2, 0) is 15.4 Å². The van der Waals surface area contributed by atoms with E-state index in [1.165, 1.54) is 22.2 Å². The van der Waals surface area contributed by atoms with E-state index < -0.39 is 21.7 Å². The molecule has 2 aromatic carbocycles. The maximum Gasteiger partial charge on any atom is 0.322 e. The summed E-state index contributed by atoms with van der Waals surface area (Å²) < 4.78 is 52.5. The summed E-state index contributed by atoms with van der Waals surface area (Å²) in [7, 11) is -3.25. The van der Waals surface area contributed by atoms with Crippen molar-refractivity contribution in [3.63, 3.8) is 0 Å². The van der Waals surface area contributed by atoms with E-state index in [1.807, 2.05) is 23.1 Å². The predicted octanol–water partition coefficient (Wildman–Crippen LogP) is 4.85. The van der Waals surface area contributed by atoms with Gasteiger partial charge in [-0.2, -0.15) is 5.26 Å². The van der Waals surface area contributed by atoms with E-state index in [1.54, 1.807) is 0 Å². The van der Waals surface area contributed by atoms with Gasteiger partial charge in [0.2, 0.25) is 10.0 Å². The first-order valence-corrected chi connectivity index (χ1v) is 14.9. The first kappa shape index (κ1) is 26.6. The van der Waals surface area contributed by atoms with Crippen molar-refractivity contribution >= 4 is 21.7 Å². The predicted molar refractivity (Wildman–Crippen MR) is 140 cm³/mol. The molecular formula is C28H32F2N4O3S. The molecule has 2 aromatic rings. The van der Waals surface area contributed by atoms with E-state index in [-0.39, 0.29) is 29.1 Å². The molecule has 2 amide bonds. The minimum absolute atomic E-state index is 0.0204. The van der Waals surface area contributed by atoms with Crippen molar-refractivity contribution in [3.8, 4) is 6.07 Å². The Labute approximate surface area is 222 Å². The Balaban J connectivity index is 1.31. The molecule has 3 fully saturated rings. The summed E-state index contributed by atoms with van der Waals surface area (Å²) in [6.45, 7) is 1.32. The summed E-state index contributed by atoms with van der Waals surface area (Å²) in [6.07, 6.45) is 6.06. The van der Waals surface area contributed by atoms with Gasteiger partial charge >= 0.3 is 6.03 Å². The Hall–Kier alpha value is -3.03. The van der Waals surface area contributed by atoms with Crippen molar-refractivity contribution < 1.29 is 22.0 Å². The van der Waals surface area contributed by atoms with Crippen LogP contribution in [0.5, 0.6) is 0 Å². The number of anilines is 1. The van der Waals surface area contributed by atoms with Crippen LogP contribution < -0.4 is 5.32 Å². The average molecular weight is 543 g/mol. The third kappa shape index (κ3) is 5.40. The molecular weight excluding hydrogens is 510 g/mol. The Morgan fingerprint density at radius 1 is 1.16 bits per heavy atom. The van der Waals surface area contributed by atoms with Crippen molar-refractivity contribution in [2.75, 3.05) is 31.2 Å². The summed E-state index contributed by atoms with van der Waals surface area (Å²) in [5, 5.41) is 12.1. The van der Waals surface area contributed by atoms with E-state index in [0.29, 0.717) is 44.0 Å². The quantitative estimate of drug-likeness (QED) is 0.565. The largest absolute Gasteiger partial charge is 0.322 e. The van der Waals surface area contributed by atoms with Gasteiger partial charge in [0.1, 0.15) is 0 Å². The summed E-state index contributed by atoms with van der Waals surface area (Å²) in [5.74, 6) is -1.46. The molecule has 0 bridgehead atoms. The van der Waals surface area contributed by atoms with Gasteiger partial charge in [-0.3, -0.25) is 0 Å². The topological polar surface area (TPSA) is 93.5 Å². The van der Waals surface area contributed by atoms with Crippen LogP contribution in [0.4, 0.5) is 19.3 Å². The Morgan fingerprint density at radius 2 is 1.92 bits per heavy atom. The number of halogens is 2. The number of urea groups is 1. The number of sulfonamides is 1. The number of benzene rings is 2. The fraction of sp³-hybridized carbons (Fsp3) is 0.500. The number of amides is 2. The van der Waals surface area contributed by atoms with Gasteiger partial charge in [0, 0.05) is 37.4 Å².